The van der Waals surface area contributed by atoms with Crippen LogP contribution in [-0.2, 0) is 16.6 Å². The Bertz CT molecular complexity index is 742. The van der Waals surface area contributed by atoms with Gasteiger partial charge in [0.25, 0.3) is 0 Å². The highest BCUT2D eigenvalue weighted by Crippen LogP contribution is 2.14. The van der Waals surface area contributed by atoms with E-state index in [4.69, 9.17) is 5.14 Å². The van der Waals surface area contributed by atoms with E-state index in [2.05, 4.69) is 10.3 Å². The number of anilines is 1. The van der Waals surface area contributed by atoms with Gasteiger partial charge in [0.2, 0.25) is 10.0 Å². The van der Waals surface area contributed by atoms with E-state index < -0.39 is 14.9 Å². The number of hydrogen-bond donors (Lipinski definition) is 2. The lowest BCUT2D eigenvalue weighted by atomic mass is 10.2. The Kier molecular flexibility index (Phi) is 4.15. The first-order valence-electron chi connectivity index (χ1n) is 5.82. The lowest BCUT2D eigenvalue weighted by molar-refractivity contribution is -0.389. The van der Waals surface area contributed by atoms with Crippen LogP contribution in [0.15, 0.2) is 47.5 Å². The number of nitrogens with one attached hydrogen (secondary N) is 1. The third-order valence-electron chi connectivity index (χ3n) is 2.68. The van der Waals surface area contributed by atoms with Crippen molar-refractivity contribution in [2.24, 2.45) is 5.14 Å². The van der Waals surface area contributed by atoms with Gasteiger partial charge in [0.05, 0.1) is 10.6 Å². The Morgan fingerprint density at radius 3 is 2.33 bits per heavy atom. The first-order chi connectivity index (χ1) is 9.86. The summed E-state index contributed by atoms with van der Waals surface area (Å²) in [5.74, 6) is -0.224. The van der Waals surface area contributed by atoms with Crippen molar-refractivity contribution in [3.63, 3.8) is 0 Å². The molecule has 0 radical (unpaired) electrons. The van der Waals surface area contributed by atoms with Gasteiger partial charge in [0, 0.05) is 12.6 Å². The third kappa shape index (κ3) is 3.97. The van der Waals surface area contributed by atoms with Crippen LogP contribution in [0.5, 0.6) is 0 Å². The SMILES string of the molecule is NS(=O)(=O)c1ccc(CNc2ccc([N+](=O)[O-])nc2)cc1. The highest BCUT2D eigenvalue weighted by atomic mass is 32.2. The van der Waals surface area contributed by atoms with E-state index in [9.17, 15) is 18.5 Å². The van der Waals surface area contributed by atoms with E-state index >= 15 is 0 Å². The second-order valence-corrected chi connectivity index (χ2v) is 5.77. The fourth-order valence-electron chi connectivity index (χ4n) is 1.60. The van der Waals surface area contributed by atoms with Gasteiger partial charge in [-0.15, -0.1) is 0 Å². The summed E-state index contributed by atoms with van der Waals surface area (Å²) >= 11 is 0. The molecule has 9 heteroatoms. The predicted octanol–water partition coefficient (Wildman–Crippen LogP) is 1.25. The van der Waals surface area contributed by atoms with E-state index in [0.29, 0.717) is 12.2 Å². The molecule has 21 heavy (non-hydrogen) atoms. The van der Waals surface area contributed by atoms with Crippen LogP contribution in [0, 0.1) is 10.1 Å². The minimum absolute atomic E-state index is 0.0447. The number of primary sulfonamides is 1. The lowest BCUT2D eigenvalue weighted by Crippen LogP contribution is -2.12. The van der Waals surface area contributed by atoms with Crippen LogP contribution < -0.4 is 10.5 Å². The molecule has 2 rings (SSSR count). The Morgan fingerprint density at radius 1 is 1.19 bits per heavy atom. The van der Waals surface area contributed by atoms with Crippen LogP contribution in [0.4, 0.5) is 11.5 Å². The average Bonchev–Trinajstić information content (AvgIpc) is 2.45. The van der Waals surface area contributed by atoms with Gasteiger partial charge in [0.15, 0.2) is 6.20 Å². The Labute approximate surface area is 120 Å². The van der Waals surface area contributed by atoms with Crippen LogP contribution in [0.2, 0.25) is 0 Å². The fourth-order valence-corrected chi connectivity index (χ4v) is 2.12. The largest absolute Gasteiger partial charge is 0.378 e. The van der Waals surface area contributed by atoms with Crippen molar-refractivity contribution < 1.29 is 13.3 Å². The summed E-state index contributed by atoms with van der Waals surface area (Å²) in [5.41, 5.74) is 1.46. The molecule has 1 heterocycles. The van der Waals surface area contributed by atoms with Gasteiger partial charge in [-0.3, -0.25) is 0 Å². The van der Waals surface area contributed by atoms with E-state index in [-0.39, 0.29) is 10.7 Å². The van der Waals surface area contributed by atoms with Crippen LogP contribution in [0.1, 0.15) is 5.56 Å². The number of aromatic nitrogens is 1. The first-order valence-corrected chi connectivity index (χ1v) is 7.37. The second kappa shape index (κ2) is 5.85. The smallest absolute Gasteiger partial charge is 0.363 e. The summed E-state index contributed by atoms with van der Waals surface area (Å²) in [6.45, 7) is 0.421. The van der Waals surface area contributed by atoms with Gasteiger partial charge in [-0.05, 0) is 33.7 Å². The number of nitrogens with two attached hydrogens (primary N) is 1. The molecule has 8 nitrogen and oxygen atoms in total. The zero-order valence-electron chi connectivity index (χ0n) is 10.8. The molecule has 3 N–H and O–H groups in total. The minimum Gasteiger partial charge on any atom is -0.378 e. The number of hydrogen-bond acceptors (Lipinski definition) is 6. The molecular weight excluding hydrogens is 296 g/mol. The van der Waals surface area contributed by atoms with Crippen LogP contribution in [0.3, 0.4) is 0 Å². The van der Waals surface area contributed by atoms with Crippen LogP contribution >= 0.6 is 0 Å². The van der Waals surface area contributed by atoms with Crippen LogP contribution in [0.25, 0.3) is 0 Å². The molecule has 0 unspecified atom stereocenters. The molecule has 1 aromatic carbocycles. The van der Waals surface area contributed by atoms with E-state index in [1.54, 1.807) is 18.2 Å². The number of nitro groups is 1. The molecule has 0 aliphatic carbocycles. The summed E-state index contributed by atoms with van der Waals surface area (Å²) in [6, 6.07) is 8.94. The van der Waals surface area contributed by atoms with Gasteiger partial charge in [0.1, 0.15) is 0 Å². The van der Waals surface area contributed by atoms with Crippen molar-refractivity contribution >= 4 is 21.5 Å². The lowest BCUT2D eigenvalue weighted by Gasteiger charge is -2.05. The molecule has 0 aliphatic heterocycles. The summed E-state index contributed by atoms with van der Waals surface area (Å²) in [5, 5.41) is 18.5. The quantitative estimate of drug-likeness (QED) is 0.632. The Hall–Kier alpha value is -2.52. The zero-order chi connectivity index (χ0) is 15.5. The van der Waals surface area contributed by atoms with Gasteiger partial charge in [-0.2, -0.15) is 0 Å². The molecule has 1 aromatic heterocycles. The molecule has 0 bridgehead atoms. The molecule has 2 aromatic rings. The zero-order valence-corrected chi connectivity index (χ0v) is 11.6. The molecular formula is C12H12N4O4S. The van der Waals surface area contributed by atoms with Gasteiger partial charge in [-0.25, -0.2) is 13.6 Å². The van der Waals surface area contributed by atoms with Crippen molar-refractivity contribution in [2.45, 2.75) is 11.4 Å². The predicted molar refractivity (Wildman–Crippen MR) is 76.0 cm³/mol. The monoisotopic (exact) mass is 308 g/mol. The molecule has 110 valence electrons. The van der Waals surface area contributed by atoms with Gasteiger partial charge >= 0.3 is 5.82 Å². The average molecular weight is 308 g/mol. The van der Waals surface area contributed by atoms with E-state index in [1.165, 1.54) is 24.4 Å². The van der Waals surface area contributed by atoms with E-state index in [0.717, 1.165) is 5.56 Å². The summed E-state index contributed by atoms with van der Waals surface area (Å²) in [6.07, 6.45) is 1.36. The van der Waals surface area contributed by atoms with Crippen molar-refractivity contribution in [3.8, 4) is 0 Å². The highest BCUT2D eigenvalue weighted by Gasteiger charge is 2.08. The number of benzene rings is 1. The Balaban J connectivity index is 2.01. The molecule has 0 spiro atoms. The molecule has 0 saturated heterocycles. The summed E-state index contributed by atoms with van der Waals surface area (Å²) in [4.78, 5) is 13.6. The van der Waals surface area contributed by atoms with Crippen LogP contribution in [-0.4, -0.2) is 18.3 Å². The molecule has 0 atom stereocenters. The van der Waals surface area contributed by atoms with Gasteiger partial charge < -0.3 is 15.4 Å². The fraction of sp³-hybridized carbons (Fsp3) is 0.0833. The number of rotatable bonds is 5. The standard InChI is InChI=1S/C12H12N4O4S/c13-21(19,20)11-4-1-9(2-5-11)7-14-10-3-6-12(15-8-10)16(17)18/h1-6,8,14H,7H2,(H2,13,19,20). The molecule has 0 fully saturated rings. The molecule has 0 aliphatic rings. The Morgan fingerprint density at radius 2 is 1.86 bits per heavy atom. The topological polar surface area (TPSA) is 128 Å². The summed E-state index contributed by atoms with van der Waals surface area (Å²) < 4.78 is 22.2. The normalized spacial score (nSPS) is 11.1. The molecule has 0 saturated carbocycles. The number of sulfonamides is 1. The molecule has 0 amide bonds. The van der Waals surface area contributed by atoms with Crippen molar-refractivity contribution in [2.75, 3.05) is 5.32 Å². The maximum absolute atomic E-state index is 11.1. The first kappa shape index (κ1) is 14.9. The van der Waals surface area contributed by atoms with Gasteiger partial charge in [-0.1, -0.05) is 12.1 Å². The highest BCUT2D eigenvalue weighted by molar-refractivity contribution is 7.89. The van der Waals surface area contributed by atoms with E-state index in [1.807, 2.05) is 0 Å². The second-order valence-electron chi connectivity index (χ2n) is 4.20. The van der Waals surface area contributed by atoms with Crippen molar-refractivity contribution in [3.05, 3.63) is 58.3 Å². The number of pyridine rings is 1. The third-order valence-corrected chi connectivity index (χ3v) is 3.61. The van der Waals surface area contributed by atoms with Crippen molar-refractivity contribution in [1.82, 2.24) is 4.98 Å². The number of nitrogens with zero attached hydrogens (tertiary/aromatic N) is 2. The minimum atomic E-state index is -3.69. The summed E-state index contributed by atoms with van der Waals surface area (Å²) in [7, 11) is -3.69. The maximum Gasteiger partial charge on any atom is 0.363 e. The maximum atomic E-state index is 11.1. The van der Waals surface area contributed by atoms with Crippen molar-refractivity contribution in [1.29, 1.82) is 0 Å².